The van der Waals surface area contributed by atoms with Gasteiger partial charge < -0.3 is 31.1 Å². The van der Waals surface area contributed by atoms with Gasteiger partial charge in [0.1, 0.15) is 0 Å². The maximum Gasteiger partial charge on any atom is 0.231 e. The van der Waals surface area contributed by atoms with Crippen molar-refractivity contribution in [3.05, 3.63) is 0 Å². The minimum atomic E-state index is 0.538. The van der Waals surface area contributed by atoms with Gasteiger partial charge in [-0.3, -0.25) is 0 Å². The van der Waals surface area contributed by atoms with Gasteiger partial charge in [-0.25, -0.2) is 0 Å². The van der Waals surface area contributed by atoms with Crippen LogP contribution in [0.2, 0.25) is 0 Å². The number of hydrogen-bond donors (Lipinski definition) is 4. The summed E-state index contributed by atoms with van der Waals surface area (Å²) in [5.41, 5.74) is 0. The van der Waals surface area contributed by atoms with Crippen LogP contribution in [0.3, 0.4) is 0 Å². The molecule has 0 aliphatic heterocycles. The molecule has 0 atom stereocenters. The van der Waals surface area contributed by atoms with Gasteiger partial charge in [-0.1, -0.05) is 0 Å². The predicted octanol–water partition coefficient (Wildman–Crippen LogP) is 0.966. The number of aromatic nitrogens is 6. The normalized spacial score (nSPS) is 10.4. The summed E-state index contributed by atoms with van der Waals surface area (Å²) in [5, 5.41) is 12.2. The molecule has 0 radical (unpaired) electrons. The van der Waals surface area contributed by atoms with Crippen LogP contribution in [0.4, 0.5) is 35.7 Å². The van der Waals surface area contributed by atoms with Crippen LogP contribution in [-0.2, 0) is 0 Å². The van der Waals surface area contributed by atoms with Crippen LogP contribution in [0.5, 0.6) is 0 Å². The Labute approximate surface area is 172 Å². The van der Waals surface area contributed by atoms with Crippen molar-refractivity contribution in [2.24, 2.45) is 0 Å². The van der Waals surface area contributed by atoms with E-state index in [1.165, 1.54) is 0 Å². The predicted molar refractivity (Wildman–Crippen MR) is 118 cm³/mol. The Hall–Kier alpha value is -3.18. The molecule has 12 nitrogen and oxygen atoms in total. The molecule has 0 unspecified atom stereocenters. The minimum absolute atomic E-state index is 0.538. The molecule has 29 heavy (non-hydrogen) atoms. The number of unbranched alkanes of at least 4 members (excludes halogenated alkanes) is 1. The average molecular weight is 405 g/mol. The van der Waals surface area contributed by atoms with Crippen LogP contribution >= 0.6 is 0 Å². The van der Waals surface area contributed by atoms with Gasteiger partial charge >= 0.3 is 0 Å². The number of anilines is 6. The summed E-state index contributed by atoms with van der Waals surface area (Å²) in [6.45, 7) is 4.45. The van der Waals surface area contributed by atoms with E-state index < -0.39 is 0 Å². The minimum Gasteiger partial charge on any atom is -0.357 e. The lowest BCUT2D eigenvalue weighted by molar-refractivity contribution is 0.725. The Balaban J connectivity index is 1.85. The number of nitrogens with zero attached hydrogens (tertiary/aromatic N) is 8. The highest BCUT2D eigenvalue weighted by Gasteiger charge is 2.10. The van der Waals surface area contributed by atoms with Crippen molar-refractivity contribution in [3.8, 4) is 0 Å². The van der Waals surface area contributed by atoms with Crippen molar-refractivity contribution in [3.63, 3.8) is 0 Å². The van der Waals surface area contributed by atoms with Crippen molar-refractivity contribution in [2.45, 2.75) is 19.8 Å². The molecule has 0 saturated carbocycles. The highest BCUT2D eigenvalue weighted by molar-refractivity contribution is 5.43. The Morgan fingerprint density at radius 2 is 1.14 bits per heavy atom. The molecule has 0 aliphatic carbocycles. The Bertz CT molecular complexity index is 746. The Morgan fingerprint density at radius 3 is 1.66 bits per heavy atom. The molecule has 2 heterocycles. The van der Waals surface area contributed by atoms with Crippen molar-refractivity contribution < 1.29 is 0 Å². The smallest absolute Gasteiger partial charge is 0.231 e. The molecular formula is C17H32N12. The van der Waals surface area contributed by atoms with E-state index in [4.69, 9.17) is 0 Å². The molecule has 2 aromatic heterocycles. The van der Waals surface area contributed by atoms with Gasteiger partial charge in [0, 0.05) is 54.9 Å². The van der Waals surface area contributed by atoms with Gasteiger partial charge in [0.2, 0.25) is 35.7 Å². The fourth-order valence-corrected chi connectivity index (χ4v) is 2.40. The first-order chi connectivity index (χ1) is 14.0. The second-order valence-electron chi connectivity index (χ2n) is 6.38. The fraction of sp³-hybridized carbons (Fsp3) is 0.647. The van der Waals surface area contributed by atoms with Gasteiger partial charge in [0.25, 0.3) is 0 Å². The van der Waals surface area contributed by atoms with E-state index in [2.05, 4.69) is 58.1 Å². The molecule has 0 saturated heterocycles. The van der Waals surface area contributed by atoms with E-state index in [1.807, 2.05) is 23.9 Å². The summed E-state index contributed by atoms with van der Waals surface area (Å²) in [6.07, 6.45) is 1.91. The largest absolute Gasteiger partial charge is 0.357 e. The summed E-state index contributed by atoms with van der Waals surface area (Å²) in [5.74, 6) is 3.47. The Kier molecular flexibility index (Phi) is 8.37. The monoisotopic (exact) mass is 404 g/mol. The highest BCUT2D eigenvalue weighted by atomic mass is 15.3. The van der Waals surface area contributed by atoms with Crippen molar-refractivity contribution >= 4 is 35.7 Å². The average Bonchev–Trinajstić information content (AvgIpc) is 2.77. The first kappa shape index (κ1) is 22.1. The van der Waals surface area contributed by atoms with Gasteiger partial charge in [-0.15, -0.1) is 0 Å². The third-order valence-corrected chi connectivity index (χ3v) is 4.28. The van der Waals surface area contributed by atoms with Crippen LogP contribution in [0.25, 0.3) is 0 Å². The molecule has 0 aromatic carbocycles. The van der Waals surface area contributed by atoms with Crippen LogP contribution in [-0.4, -0.2) is 84.8 Å². The molecule has 2 rings (SSSR count). The first-order valence-corrected chi connectivity index (χ1v) is 9.72. The van der Waals surface area contributed by atoms with Crippen LogP contribution in [0.1, 0.15) is 19.8 Å². The quantitative estimate of drug-likeness (QED) is 0.376. The van der Waals surface area contributed by atoms with Crippen LogP contribution < -0.4 is 31.1 Å². The first-order valence-electron chi connectivity index (χ1n) is 9.72. The van der Waals surface area contributed by atoms with E-state index in [0.717, 1.165) is 32.5 Å². The zero-order chi connectivity index (χ0) is 21.2. The molecule has 0 aliphatic rings. The second kappa shape index (κ2) is 11.0. The van der Waals surface area contributed by atoms with Crippen molar-refractivity contribution in [1.29, 1.82) is 0 Å². The third-order valence-electron chi connectivity index (χ3n) is 4.28. The molecule has 160 valence electrons. The molecule has 0 fully saturated rings. The van der Waals surface area contributed by atoms with E-state index in [-0.39, 0.29) is 0 Å². The molecule has 4 N–H and O–H groups in total. The third kappa shape index (κ3) is 6.43. The number of hydrogen-bond acceptors (Lipinski definition) is 12. The molecule has 12 heteroatoms. The van der Waals surface area contributed by atoms with E-state index in [0.29, 0.717) is 35.7 Å². The number of rotatable bonds is 12. The molecule has 2 aromatic rings. The van der Waals surface area contributed by atoms with Gasteiger partial charge in [0.05, 0.1) is 0 Å². The lowest BCUT2D eigenvalue weighted by atomic mass is 10.3. The topological polar surface area (TPSA) is 132 Å². The van der Waals surface area contributed by atoms with E-state index >= 15 is 0 Å². The molecule has 0 bridgehead atoms. The number of nitrogens with one attached hydrogen (secondary N) is 4. The lowest BCUT2D eigenvalue weighted by Crippen LogP contribution is -2.23. The maximum atomic E-state index is 4.47. The lowest BCUT2D eigenvalue weighted by Gasteiger charge is -2.18. The summed E-state index contributed by atoms with van der Waals surface area (Å²) in [4.78, 5) is 30.2. The van der Waals surface area contributed by atoms with Gasteiger partial charge in [-0.2, -0.15) is 29.9 Å². The fourth-order valence-electron chi connectivity index (χ4n) is 2.40. The second-order valence-corrected chi connectivity index (χ2v) is 6.38. The molecular weight excluding hydrogens is 372 g/mol. The molecule has 0 amide bonds. The van der Waals surface area contributed by atoms with Crippen molar-refractivity contribution in [1.82, 2.24) is 29.9 Å². The van der Waals surface area contributed by atoms with Gasteiger partial charge in [0.15, 0.2) is 0 Å². The maximum absolute atomic E-state index is 4.47. The zero-order valence-corrected chi connectivity index (χ0v) is 18.1. The van der Waals surface area contributed by atoms with E-state index in [9.17, 15) is 0 Å². The van der Waals surface area contributed by atoms with Crippen LogP contribution in [0.15, 0.2) is 0 Å². The van der Waals surface area contributed by atoms with Crippen molar-refractivity contribution in [2.75, 3.05) is 85.9 Å². The molecule has 0 spiro atoms. The summed E-state index contributed by atoms with van der Waals surface area (Å²) in [6, 6.07) is 0. The van der Waals surface area contributed by atoms with Gasteiger partial charge in [-0.05, 0) is 19.8 Å². The standard InChI is InChI=1S/C17H32N12/c1-7-28(5)16-24-14(20-4)23-15(27-16)21-10-8-9-11-29(6)17-25-12(18-2)22-13(19-3)26-17/h7-11H2,1-6H3,(H2,18,19,22,25,26)(H2,20,21,23,24,27). The summed E-state index contributed by atoms with van der Waals surface area (Å²) < 4.78 is 0. The highest BCUT2D eigenvalue weighted by Crippen LogP contribution is 2.14. The SMILES string of the molecule is CCN(C)c1nc(NC)nc(NCCCCN(C)c2nc(NC)nc(NC)n2)n1. The zero-order valence-electron chi connectivity index (χ0n) is 18.1. The van der Waals surface area contributed by atoms with Crippen LogP contribution in [0, 0.1) is 0 Å². The summed E-state index contributed by atoms with van der Waals surface area (Å²) >= 11 is 0. The summed E-state index contributed by atoms with van der Waals surface area (Å²) in [7, 11) is 9.29. The van der Waals surface area contributed by atoms with E-state index in [1.54, 1.807) is 21.1 Å². The Morgan fingerprint density at radius 1 is 0.655 bits per heavy atom.